The molecule has 3 aromatic rings. The molecule has 1 saturated heterocycles. The zero-order valence-corrected chi connectivity index (χ0v) is 25.0. The van der Waals surface area contributed by atoms with Crippen molar-refractivity contribution < 1.29 is 4.79 Å². The van der Waals surface area contributed by atoms with Crippen molar-refractivity contribution >= 4 is 36.3 Å². The number of nitrogens with one attached hydrogen (secondary N) is 1. The summed E-state index contributed by atoms with van der Waals surface area (Å²) in [5.41, 5.74) is 4.16. The van der Waals surface area contributed by atoms with E-state index in [1.54, 1.807) is 0 Å². The van der Waals surface area contributed by atoms with Crippen LogP contribution < -0.4 is 5.32 Å². The zero-order chi connectivity index (χ0) is 27.1. The van der Waals surface area contributed by atoms with Crippen molar-refractivity contribution in [2.24, 2.45) is 5.92 Å². The molecule has 10 heteroatoms. The van der Waals surface area contributed by atoms with Crippen LogP contribution in [0.1, 0.15) is 61.9 Å². The summed E-state index contributed by atoms with van der Waals surface area (Å²) in [4.78, 5) is 28.4. The molecule has 2 fully saturated rings. The van der Waals surface area contributed by atoms with Crippen LogP contribution in [0.15, 0.2) is 48.9 Å². The van der Waals surface area contributed by atoms with E-state index in [1.165, 1.54) is 18.4 Å². The summed E-state index contributed by atoms with van der Waals surface area (Å²) >= 11 is 0. The number of hydrogen-bond donors (Lipinski definition) is 1. The van der Waals surface area contributed by atoms with Crippen molar-refractivity contribution in [3.63, 3.8) is 0 Å². The van der Waals surface area contributed by atoms with Crippen LogP contribution in [-0.2, 0) is 17.8 Å². The molecule has 2 aromatic heterocycles. The number of nitrogens with zero attached hydrogens (tertiary/aromatic N) is 6. The standard InChI is InChI=1S/C29H36N7OSi2/c1-19-13-23-14-30-28(32-24-15-31-36(16-24)20(2)21-9-10-21)33-26(23)18-35(19)27(37)29(39-38)11-12-34(3)17-25(29)22-7-5-4-6-8-22/h4-8,14-16,19-21,25H,9-13,17-18H2,1-3H3,(H,30,32,33)/t19-,20?,25-,29+/m1/s1. The van der Waals surface area contributed by atoms with Gasteiger partial charge in [0.2, 0.25) is 11.9 Å². The third-order valence-corrected chi connectivity index (χ3v) is 11.5. The Bertz CT molecular complexity index is 1330. The number of rotatable bonds is 7. The number of fused-ring (bicyclic) bond motifs is 1. The molecule has 0 bridgehead atoms. The minimum Gasteiger partial charge on any atom is -0.334 e. The number of benzene rings is 1. The fourth-order valence-electron chi connectivity index (χ4n) is 6.27. The van der Waals surface area contributed by atoms with Gasteiger partial charge in [0.1, 0.15) is 0 Å². The van der Waals surface area contributed by atoms with Gasteiger partial charge in [-0.25, -0.2) is 9.97 Å². The van der Waals surface area contributed by atoms with E-state index in [2.05, 4.69) is 80.1 Å². The predicted octanol–water partition coefficient (Wildman–Crippen LogP) is 3.73. The predicted molar refractivity (Wildman–Crippen MR) is 154 cm³/mol. The van der Waals surface area contributed by atoms with E-state index < -0.39 is 5.04 Å². The molecule has 1 aromatic carbocycles. The highest BCUT2D eigenvalue weighted by atomic mass is 29.1. The maximum atomic E-state index is 14.5. The summed E-state index contributed by atoms with van der Waals surface area (Å²) in [6.45, 7) is 6.66. The van der Waals surface area contributed by atoms with Gasteiger partial charge in [0.25, 0.3) is 0 Å². The Labute approximate surface area is 236 Å². The fraction of sp³-hybridized carbons (Fsp3) is 0.517. The molecule has 1 N–H and O–H groups in total. The Hall–Kier alpha value is -2.83. The lowest BCUT2D eigenvalue weighted by atomic mass is 9.78. The van der Waals surface area contributed by atoms with E-state index in [1.807, 2.05) is 29.3 Å². The van der Waals surface area contributed by atoms with Crippen molar-refractivity contribution in [3.8, 4) is 0 Å². The summed E-state index contributed by atoms with van der Waals surface area (Å²) in [6, 6.07) is 11.0. The van der Waals surface area contributed by atoms with Gasteiger partial charge in [-0.15, -0.1) is 0 Å². The Morgan fingerprint density at radius 1 is 1.23 bits per heavy atom. The molecule has 1 saturated carbocycles. The summed E-state index contributed by atoms with van der Waals surface area (Å²) in [7, 11) is 6.39. The van der Waals surface area contributed by atoms with Crippen molar-refractivity contribution in [2.45, 2.75) is 69.1 Å². The number of carbonyl (C=O) groups is 1. The van der Waals surface area contributed by atoms with Crippen LogP contribution in [0.3, 0.4) is 0 Å². The second-order valence-corrected chi connectivity index (χ2v) is 13.5. The van der Waals surface area contributed by atoms with Crippen LogP contribution in [0.25, 0.3) is 0 Å². The summed E-state index contributed by atoms with van der Waals surface area (Å²) in [6.07, 6.45) is 9.95. The minimum atomic E-state index is -0.475. The zero-order valence-electron chi connectivity index (χ0n) is 23.0. The van der Waals surface area contributed by atoms with Crippen molar-refractivity contribution in [1.29, 1.82) is 0 Å². The molecular weight excluding hydrogens is 519 g/mol. The van der Waals surface area contributed by atoms with Gasteiger partial charge in [-0.1, -0.05) is 30.3 Å². The van der Waals surface area contributed by atoms with Crippen LogP contribution in [0.5, 0.6) is 0 Å². The first-order chi connectivity index (χ1) is 18.9. The van der Waals surface area contributed by atoms with E-state index in [-0.39, 0.29) is 17.9 Å². The lowest BCUT2D eigenvalue weighted by molar-refractivity contribution is -0.140. The highest BCUT2D eigenvalue weighted by Gasteiger charge is 2.50. The molecule has 2 aliphatic heterocycles. The number of hydrogen-bond acceptors (Lipinski definition) is 6. The molecule has 0 spiro atoms. The van der Waals surface area contributed by atoms with Gasteiger partial charge in [-0.2, -0.15) is 5.10 Å². The molecule has 4 heterocycles. The summed E-state index contributed by atoms with van der Waals surface area (Å²) in [5.74, 6) is 1.65. The molecule has 5 radical (unpaired) electrons. The number of aromatic nitrogens is 4. The molecule has 39 heavy (non-hydrogen) atoms. The smallest absolute Gasteiger partial charge is 0.227 e. The first kappa shape index (κ1) is 26.4. The fourth-order valence-corrected chi connectivity index (χ4v) is 8.41. The average molecular weight is 555 g/mol. The van der Waals surface area contributed by atoms with Gasteiger partial charge >= 0.3 is 0 Å². The van der Waals surface area contributed by atoms with Crippen LogP contribution >= 0.6 is 0 Å². The third-order valence-electron chi connectivity index (χ3n) is 8.95. The Kier molecular flexibility index (Phi) is 7.19. The van der Waals surface area contributed by atoms with E-state index in [9.17, 15) is 4.79 Å². The number of anilines is 2. The Balaban J connectivity index is 1.24. The average Bonchev–Trinajstić information content (AvgIpc) is 3.71. The van der Waals surface area contributed by atoms with Crippen molar-refractivity contribution in [1.82, 2.24) is 29.5 Å². The van der Waals surface area contributed by atoms with E-state index in [0.717, 1.165) is 48.8 Å². The maximum absolute atomic E-state index is 14.5. The van der Waals surface area contributed by atoms with Gasteiger partial charge < -0.3 is 15.1 Å². The highest BCUT2D eigenvalue weighted by molar-refractivity contribution is 6.93. The van der Waals surface area contributed by atoms with E-state index >= 15 is 0 Å². The van der Waals surface area contributed by atoms with Crippen LogP contribution in [0, 0.1) is 5.92 Å². The normalized spacial score (nSPS) is 26.2. The molecule has 4 atom stereocenters. The summed E-state index contributed by atoms with van der Waals surface area (Å²) in [5, 5.41) is 7.41. The van der Waals surface area contributed by atoms with Gasteiger partial charge in [0.15, 0.2) is 0 Å². The SMILES string of the molecule is CC(C1CC1)n1cc(Nc2ncc3c(n2)CN(C(=O)[C@]2([Si][Si])CCN(C)C[C@@H]2c2ccccc2)[C@H](C)C3)cn1. The Morgan fingerprint density at radius 2 is 2.03 bits per heavy atom. The molecule has 6 rings (SSSR count). The largest absolute Gasteiger partial charge is 0.334 e. The number of amides is 1. The molecule has 8 nitrogen and oxygen atoms in total. The van der Waals surface area contributed by atoms with Gasteiger partial charge in [-0.3, -0.25) is 9.48 Å². The van der Waals surface area contributed by atoms with Gasteiger partial charge in [0.05, 0.1) is 30.2 Å². The topological polar surface area (TPSA) is 79.2 Å². The van der Waals surface area contributed by atoms with E-state index in [4.69, 9.17) is 4.98 Å². The highest BCUT2D eigenvalue weighted by Crippen LogP contribution is 2.50. The molecule has 3 aliphatic rings. The second kappa shape index (κ2) is 10.6. The van der Waals surface area contributed by atoms with Crippen LogP contribution in [0.2, 0.25) is 5.04 Å². The van der Waals surface area contributed by atoms with Crippen LogP contribution in [-0.4, -0.2) is 80.4 Å². The second-order valence-electron chi connectivity index (χ2n) is 11.6. The van der Waals surface area contributed by atoms with Crippen molar-refractivity contribution in [2.75, 3.05) is 25.5 Å². The first-order valence-electron chi connectivity index (χ1n) is 14.0. The first-order valence-corrected chi connectivity index (χ1v) is 16.5. The lowest BCUT2D eigenvalue weighted by Gasteiger charge is -2.49. The monoisotopic (exact) mass is 554 g/mol. The van der Waals surface area contributed by atoms with Gasteiger partial charge in [-0.05, 0) is 70.2 Å². The van der Waals surface area contributed by atoms with Gasteiger partial charge in [0, 0.05) is 54.7 Å². The van der Waals surface area contributed by atoms with E-state index in [0.29, 0.717) is 27.6 Å². The Morgan fingerprint density at radius 3 is 2.77 bits per heavy atom. The molecule has 1 aliphatic carbocycles. The lowest BCUT2D eigenvalue weighted by Crippen LogP contribution is -2.55. The number of likely N-dealkylation sites (N-methyl/N-ethyl adjacent to an activating group) is 1. The minimum absolute atomic E-state index is 0.0884. The number of carbonyl (C=O) groups excluding carboxylic acids is 1. The molecule has 201 valence electrons. The number of piperidine rings is 1. The maximum Gasteiger partial charge on any atom is 0.227 e. The molecular formula is C29H36N7OSi2. The third kappa shape index (κ3) is 5.09. The van der Waals surface area contributed by atoms with Crippen molar-refractivity contribution in [3.05, 3.63) is 65.7 Å². The number of likely N-dealkylation sites (tertiary alicyclic amines) is 1. The quantitative estimate of drug-likeness (QED) is 0.449. The molecule has 1 amide bonds. The molecule has 1 unspecified atom stereocenters. The summed E-state index contributed by atoms with van der Waals surface area (Å²) < 4.78 is 2.03. The van der Waals surface area contributed by atoms with Crippen LogP contribution in [0.4, 0.5) is 11.6 Å².